The Bertz CT molecular complexity index is 824. The van der Waals surface area contributed by atoms with Crippen LogP contribution < -0.4 is 5.73 Å². The lowest BCUT2D eigenvalue weighted by molar-refractivity contribution is -0.0169. The highest BCUT2D eigenvalue weighted by atomic mass is 16.3. The van der Waals surface area contributed by atoms with Gasteiger partial charge in [-0.3, -0.25) is 9.69 Å². The van der Waals surface area contributed by atoms with Crippen molar-refractivity contribution in [3.63, 3.8) is 0 Å². The third-order valence-corrected chi connectivity index (χ3v) is 6.65. The van der Waals surface area contributed by atoms with Crippen LogP contribution in [0.15, 0.2) is 22.6 Å². The average Bonchev–Trinajstić information content (AvgIpc) is 2.92. The highest BCUT2D eigenvalue weighted by Gasteiger charge is 2.49. The van der Waals surface area contributed by atoms with Crippen molar-refractivity contribution in [3.8, 4) is 0 Å². The summed E-state index contributed by atoms with van der Waals surface area (Å²) in [4.78, 5) is 14.3. The lowest BCUT2D eigenvalue weighted by Gasteiger charge is -2.52. The van der Waals surface area contributed by atoms with Gasteiger partial charge in [-0.15, -0.1) is 0 Å². The Morgan fingerprint density at radius 2 is 2.25 bits per heavy atom. The monoisotopic (exact) mass is 324 g/mol. The molecule has 2 saturated heterocycles. The average molecular weight is 324 g/mol. The Morgan fingerprint density at radius 1 is 1.38 bits per heavy atom. The van der Waals surface area contributed by atoms with Crippen LogP contribution in [0.25, 0.3) is 11.0 Å². The molecule has 1 saturated carbocycles. The van der Waals surface area contributed by atoms with E-state index in [1.54, 1.807) is 6.07 Å². The van der Waals surface area contributed by atoms with Crippen LogP contribution >= 0.6 is 0 Å². The molecule has 3 aliphatic heterocycles. The fourth-order valence-electron chi connectivity index (χ4n) is 5.69. The SMILES string of the molecule is CC[C@@H]1C[C@H]2C[C@H]3c4oc5ccc(C(N)=O)cc5c4CCN(C2)C13. The van der Waals surface area contributed by atoms with Crippen molar-refractivity contribution in [3.05, 3.63) is 35.1 Å². The van der Waals surface area contributed by atoms with Crippen molar-refractivity contribution in [1.82, 2.24) is 4.90 Å². The Labute approximate surface area is 142 Å². The molecule has 2 unspecified atom stereocenters. The fourth-order valence-corrected chi connectivity index (χ4v) is 5.69. The second-order valence-electron chi connectivity index (χ2n) is 7.87. The quantitative estimate of drug-likeness (QED) is 0.922. The molecule has 2 aromatic rings. The number of nitrogens with two attached hydrogens (primary N) is 1. The first-order chi connectivity index (χ1) is 11.7. The highest BCUT2D eigenvalue weighted by Crippen LogP contribution is 2.51. The minimum Gasteiger partial charge on any atom is -0.460 e. The van der Waals surface area contributed by atoms with Gasteiger partial charge in [0, 0.05) is 41.6 Å². The number of piperidine rings is 2. The maximum Gasteiger partial charge on any atom is 0.248 e. The first kappa shape index (κ1) is 14.5. The largest absolute Gasteiger partial charge is 0.460 e. The lowest BCUT2D eigenvalue weighted by atomic mass is 9.65. The Hall–Kier alpha value is -1.81. The van der Waals surface area contributed by atoms with E-state index in [0.717, 1.165) is 35.8 Å². The third kappa shape index (κ3) is 1.92. The van der Waals surface area contributed by atoms with Gasteiger partial charge in [-0.2, -0.15) is 0 Å². The molecule has 3 fully saturated rings. The number of furan rings is 1. The smallest absolute Gasteiger partial charge is 0.248 e. The topological polar surface area (TPSA) is 59.5 Å². The van der Waals surface area contributed by atoms with Gasteiger partial charge in [0.1, 0.15) is 11.3 Å². The van der Waals surface area contributed by atoms with E-state index in [4.69, 9.17) is 10.2 Å². The van der Waals surface area contributed by atoms with Crippen LogP contribution in [0.3, 0.4) is 0 Å². The van der Waals surface area contributed by atoms with Gasteiger partial charge >= 0.3 is 0 Å². The summed E-state index contributed by atoms with van der Waals surface area (Å²) >= 11 is 0. The van der Waals surface area contributed by atoms with E-state index in [2.05, 4.69) is 11.8 Å². The molecule has 4 nitrogen and oxygen atoms in total. The zero-order chi connectivity index (χ0) is 16.4. The molecule has 0 radical (unpaired) electrons. The molecule has 4 aliphatic rings. The molecule has 5 atom stereocenters. The number of nitrogens with zero attached hydrogens (tertiary/aromatic N) is 1. The van der Waals surface area contributed by atoms with Crippen LogP contribution in [0, 0.1) is 11.8 Å². The summed E-state index contributed by atoms with van der Waals surface area (Å²) in [7, 11) is 0. The number of rotatable bonds is 2. The van der Waals surface area contributed by atoms with Gasteiger partial charge < -0.3 is 10.2 Å². The molecule has 1 aliphatic carbocycles. The second kappa shape index (κ2) is 5.09. The van der Waals surface area contributed by atoms with Gasteiger partial charge in [-0.05, 0) is 49.3 Å². The van der Waals surface area contributed by atoms with Gasteiger partial charge in [0.25, 0.3) is 0 Å². The first-order valence-corrected chi connectivity index (χ1v) is 9.25. The number of primary amides is 1. The van der Waals surface area contributed by atoms with Gasteiger partial charge in [-0.1, -0.05) is 13.3 Å². The summed E-state index contributed by atoms with van der Waals surface area (Å²) in [6.45, 7) is 4.69. The van der Waals surface area contributed by atoms with Crippen LogP contribution in [-0.4, -0.2) is 29.9 Å². The molecule has 4 bridgehead atoms. The van der Waals surface area contributed by atoms with Crippen molar-refractivity contribution in [2.24, 2.45) is 17.6 Å². The van der Waals surface area contributed by atoms with Crippen molar-refractivity contribution < 1.29 is 9.21 Å². The Balaban J connectivity index is 1.67. The van der Waals surface area contributed by atoms with E-state index in [-0.39, 0.29) is 5.91 Å². The zero-order valence-electron chi connectivity index (χ0n) is 14.1. The van der Waals surface area contributed by atoms with E-state index >= 15 is 0 Å². The van der Waals surface area contributed by atoms with Crippen molar-refractivity contribution in [2.45, 2.75) is 44.6 Å². The number of fused-ring (bicyclic) bond motifs is 4. The van der Waals surface area contributed by atoms with Crippen molar-refractivity contribution in [1.29, 1.82) is 0 Å². The lowest BCUT2D eigenvalue weighted by Crippen LogP contribution is -2.56. The molecule has 1 amide bonds. The number of hydrogen-bond donors (Lipinski definition) is 1. The molecule has 4 heteroatoms. The minimum absolute atomic E-state index is 0.368. The normalized spacial score (nSPS) is 34.1. The number of hydrogen-bond acceptors (Lipinski definition) is 3. The number of benzene rings is 1. The summed E-state index contributed by atoms with van der Waals surface area (Å²) in [5.74, 6) is 2.95. The molecule has 126 valence electrons. The predicted octanol–water partition coefficient (Wildman–Crippen LogP) is 3.29. The second-order valence-corrected chi connectivity index (χ2v) is 7.87. The summed E-state index contributed by atoms with van der Waals surface area (Å²) < 4.78 is 6.36. The molecular weight excluding hydrogens is 300 g/mol. The van der Waals surface area contributed by atoms with E-state index in [9.17, 15) is 4.79 Å². The summed E-state index contributed by atoms with van der Waals surface area (Å²) in [6, 6.07) is 6.26. The van der Waals surface area contributed by atoms with Gasteiger partial charge in [0.05, 0.1) is 0 Å². The van der Waals surface area contributed by atoms with Crippen LogP contribution in [0.2, 0.25) is 0 Å². The van der Waals surface area contributed by atoms with E-state index in [1.165, 1.54) is 37.1 Å². The molecule has 4 heterocycles. The fraction of sp³-hybridized carbons (Fsp3) is 0.550. The van der Waals surface area contributed by atoms with Crippen LogP contribution in [0.5, 0.6) is 0 Å². The van der Waals surface area contributed by atoms with Crippen LogP contribution in [0.4, 0.5) is 0 Å². The summed E-state index contributed by atoms with van der Waals surface area (Å²) in [5.41, 5.74) is 8.28. The van der Waals surface area contributed by atoms with Crippen molar-refractivity contribution >= 4 is 16.9 Å². The standard InChI is InChI=1S/C20H24N2O2/c1-2-12-7-11-8-16-18(12)22(10-11)6-5-14-15-9-13(20(21)23)3-4-17(15)24-19(14)16/h3-4,9,11-12,16,18H,2,5-8,10H2,1H3,(H2,21,23)/t11-,12+,16+,18?/m0/s1. The van der Waals surface area contributed by atoms with E-state index in [0.29, 0.717) is 17.5 Å². The van der Waals surface area contributed by atoms with Gasteiger partial charge in [0.2, 0.25) is 5.91 Å². The Kier molecular flexibility index (Phi) is 3.08. The molecule has 6 rings (SSSR count). The molecule has 1 aromatic heterocycles. The van der Waals surface area contributed by atoms with E-state index in [1.807, 2.05) is 12.1 Å². The highest BCUT2D eigenvalue weighted by molar-refractivity contribution is 5.97. The summed E-state index contributed by atoms with van der Waals surface area (Å²) in [5, 5.41) is 1.10. The van der Waals surface area contributed by atoms with Gasteiger partial charge in [0.15, 0.2) is 0 Å². The molecular formula is C20H24N2O2. The molecule has 2 N–H and O–H groups in total. The number of carbonyl (C=O) groups excluding carboxylic acids is 1. The number of carbonyl (C=O) groups is 1. The number of amides is 1. The van der Waals surface area contributed by atoms with E-state index < -0.39 is 0 Å². The molecule has 0 spiro atoms. The maximum atomic E-state index is 11.6. The first-order valence-electron chi connectivity index (χ1n) is 9.25. The third-order valence-electron chi connectivity index (χ3n) is 6.65. The zero-order valence-corrected chi connectivity index (χ0v) is 14.1. The molecule has 24 heavy (non-hydrogen) atoms. The Morgan fingerprint density at radius 3 is 3.04 bits per heavy atom. The predicted molar refractivity (Wildman–Crippen MR) is 93.0 cm³/mol. The van der Waals surface area contributed by atoms with Crippen LogP contribution in [0.1, 0.15) is 53.8 Å². The maximum absolute atomic E-state index is 11.6. The van der Waals surface area contributed by atoms with Crippen molar-refractivity contribution in [2.75, 3.05) is 13.1 Å². The van der Waals surface area contributed by atoms with Crippen LogP contribution in [-0.2, 0) is 6.42 Å². The molecule has 1 aromatic carbocycles. The summed E-state index contributed by atoms with van der Waals surface area (Å²) in [6.07, 6.45) is 4.92. The minimum atomic E-state index is -0.368. The van der Waals surface area contributed by atoms with Gasteiger partial charge in [-0.25, -0.2) is 0 Å².